The number of aliphatic hydroxyl groups is 1. The van der Waals surface area contributed by atoms with Gasteiger partial charge in [0.25, 0.3) is 0 Å². The molecule has 0 bridgehead atoms. The van der Waals surface area contributed by atoms with Crippen molar-refractivity contribution in [3.63, 3.8) is 0 Å². The Labute approximate surface area is 142 Å². The van der Waals surface area contributed by atoms with Crippen LogP contribution in [-0.4, -0.2) is 28.9 Å². The molecule has 0 aromatic heterocycles. The lowest BCUT2D eigenvalue weighted by molar-refractivity contribution is 0.226. The Bertz CT molecular complexity index is 629. The molecular weight excluding hydrogens is 304 g/mol. The highest BCUT2D eigenvalue weighted by Crippen LogP contribution is 2.16. The third-order valence-corrected chi connectivity index (χ3v) is 3.78. The van der Waals surface area contributed by atoms with Crippen LogP contribution >= 0.6 is 0 Å². The summed E-state index contributed by atoms with van der Waals surface area (Å²) in [5, 5.41) is 24.3. The Morgan fingerprint density at radius 1 is 1.04 bits per heavy atom. The van der Waals surface area contributed by atoms with Crippen LogP contribution in [0.4, 0.5) is 4.79 Å². The Hall–Kier alpha value is -2.53. The van der Waals surface area contributed by atoms with Crippen LogP contribution in [0.3, 0.4) is 0 Å². The zero-order valence-electron chi connectivity index (χ0n) is 13.8. The van der Waals surface area contributed by atoms with E-state index in [9.17, 15) is 15.0 Å². The van der Waals surface area contributed by atoms with Crippen LogP contribution in [0, 0.1) is 0 Å². The molecule has 4 N–H and O–H groups in total. The smallest absolute Gasteiger partial charge is 0.315 e. The Morgan fingerprint density at radius 3 is 2.33 bits per heavy atom. The SMILES string of the molecule is CC(Cc1ccc(O)cc1)NC(=O)N[C@H](CCO)c1ccccc1. The van der Waals surface area contributed by atoms with Crippen LogP contribution in [0.2, 0.25) is 0 Å². The van der Waals surface area contributed by atoms with Crippen molar-refractivity contribution in [1.29, 1.82) is 0 Å². The maximum atomic E-state index is 12.2. The van der Waals surface area contributed by atoms with Gasteiger partial charge in [-0.2, -0.15) is 0 Å². The van der Waals surface area contributed by atoms with Crippen LogP contribution < -0.4 is 10.6 Å². The highest BCUT2D eigenvalue weighted by Gasteiger charge is 2.15. The van der Waals surface area contributed by atoms with Gasteiger partial charge < -0.3 is 20.8 Å². The molecule has 0 aliphatic rings. The van der Waals surface area contributed by atoms with E-state index in [1.165, 1.54) is 0 Å². The number of benzene rings is 2. The fourth-order valence-electron chi connectivity index (χ4n) is 2.60. The molecule has 2 atom stereocenters. The lowest BCUT2D eigenvalue weighted by Crippen LogP contribution is -2.43. The predicted octanol–water partition coefficient (Wildman–Crippen LogP) is 2.75. The van der Waals surface area contributed by atoms with E-state index in [4.69, 9.17) is 0 Å². The van der Waals surface area contributed by atoms with Gasteiger partial charge in [-0.3, -0.25) is 0 Å². The molecule has 2 rings (SSSR count). The summed E-state index contributed by atoms with van der Waals surface area (Å²) in [4.78, 5) is 12.2. The number of hydrogen-bond acceptors (Lipinski definition) is 3. The van der Waals surface area contributed by atoms with Gasteiger partial charge in [-0.1, -0.05) is 42.5 Å². The summed E-state index contributed by atoms with van der Waals surface area (Å²) in [6.45, 7) is 1.93. The number of phenolic OH excluding ortho intramolecular Hbond substituents is 1. The minimum atomic E-state index is -0.261. The molecule has 0 fully saturated rings. The Balaban J connectivity index is 1.89. The van der Waals surface area contributed by atoms with Crippen molar-refractivity contribution in [2.24, 2.45) is 0 Å². The van der Waals surface area contributed by atoms with E-state index >= 15 is 0 Å². The first-order chi connectivity index (χ1) is 11.6. The van der Waals surface area contributed by atoms with E-state index in [2.05, 4.69) is 10.6 Å². The second-order valence-electron chi connectivity index (χ2n) is 5.86. The van der Waals surface area contributed by atoms with Gasteiger partial charge in [-0.25, -0.2) is 4.79 Å². The fraction of sp³-hybridized carbons (Fsp3) is 0.316. The number of aromatic hydroxyl groups is 1. The molecule has 0 saturated carbocycles. The summed E-state index contributed by atoms with van der Waals surface area (Å²) in [6.07, 6.45) is 1.13. The van der Waals surface area contributed by atoms with Gasteiger partial charge in [0.15, 0.2) is 0 Å². The van der Waals surface area contributed by atoms with Crippen molar-refractivity contribution in [2.75, 3.05) is 6.61 Å². The number of aliphatic hydroxyl groups excluding tert-OH is 1. The van der Waals surface area contributed by atoms with Crippen LogP contribution in [0.15, 0.2) is 54.6 Å². The molecule has 2 aromatic carbocycles. The van der Waals surface area contributed by atoms with Gasteiger partial charge in [-0.15, -0.1) is 0 Å². The number of phenols is 1. The maximum absolute atomic E-state index is 12.2. The molecule has 0 saturated heterocycles. The van der Waals surface area contributed by atoms with Crippen molar-refractivity contribution < 1.29 is 15.0 Å². The molecule has 1 unspecified atom stereocenters. The number of hydrogen-bond donors (Lipinski definition) is 4. The second kappa shape index (κ2) is 8.93. The van der Waals surface area contributed by atoms with E-state index in [1.54, 1.807) is 12.1 Å². The van der Waals surface area contributed by atoms with Crippen molar-refractivity contribution in [1.82, 2.24) is 10.6 Å². The standard InChI is InChI=1S/C19H24N2O3/c1-14(13-15-7-9-17(23)10-8-15)20-19(24)21-18(11-12-22)16-5-3-2-4-6-16/h2-10,14,18,22-23H,11-13H2,1H3,(H2,20,21,24)/t14?,18-/m1/s1. The molecule has 5 nitrogen and oxygen atoms in total. The van der Waals surface area contributed by atoms with Crippen molar-refractivity contribution in [3.8, 4) is 5.75 Å². The van der Waals surface area contributed by atoms with Crippen LogP contribution in [0.1, 0.15) is 30.5 Å². The molecule has 0 spiro atoms. The van der Waals surface area contributed by atoms with E-state index in [0.29, 0.717) is 12.8 Å². The molecule has 0 aliphatic carbocycles. The molecule has 0 heterocycles. The maximum Gasteiger partial charge on any atom is 0.315 e. The summed E-state index contributed by atoms with van der Waals surface area (Å²) in [5.74, 6) is 0.229. The number of nitrogens with one attached hydrogen (secondary N) is 2. The van der Waals surface area contributed by atoms with Crippen LogP contribution in [0.5, 0.6) is 5.75 Å². The molecule has 24 heavy (non-hydrogen) atoms. The quantitative estimate of drug-likeness (QED) is 0.631. The second-order valence-corrected chi connectivity index (χ2v) is 5.86. The zero-order valence-corrected chi connectivity index (χ0v) is 13.8. The van der Waals surface area contributed by atoms with Gasteiger partial charge in [0.05, 0.1) is 6.04 Å². The number of carbonyl (C=O) groups excluding carboxylic acids is 1. The topological polar surface area (TPSA) is 81.6 Å². The summed E-state index contributed by atoms with van der Waals surface area (Å²) >= 11 is 0. The number of amides is 2. The third-order valence-electron chi connectivity index (χ3n) is 3.78. The van der Waals surface area contributed by atoms with Gasteiger partial charge in [0.1, 0.15) is 5.75 Å². The average molecular weight is 328 g/mol. The predicted molar refractivity (Wildman–Crippen MR) is 93.8 cm³/mol. The molecule has 0 aliphatic heterocycles. The summed E-state index contributed by atoms with van der Waals surface area (Å²) in [6, 6.07) is 16.0. The van der Waals surface area contributed by atoms with Crippen LogP contribution in [0.25, 0.3) is 0 Å². The highest BCUT2D eigenvalue weighted by atomic mass is 16.3. The van der Waals surface area contributed by atoms with Gasteiger partial charge in [-0.05, 0) is 43.0 Å². The molecule has 128 valence electrons. The number of rotatable bonds is 7. The largest absolute Gasteiger partial charge is 0.508 e. The van der Waals surface area contributed by atoms with Crippen molar-refractivity contribution >= 4 is 6.03 Å². The Morgan fingerprint density at radius 2 is 1.71 bits per heavy atom. The molecule has 0 radical (unpaired) electrons. The van der Waals surface area contributed by atoms with E-state index < -0.39 is 0 Å². The molecular formula is C19H24N2O3. The monoisotopic (exact) mass is 328 g/mol. The molecule has 2 aromatic rings. The van der Waals surface area contributed by atoms with E-state index in [-0.39, 0.29) is 30.5 Å². The molecule has 2 amide bonds. The van der Waals surface area contributed by atoms with Gasteiger partial charge in [0.2, 0.25) is 0 Å². The highest BCUT2D eigenvalue weighted by molar-refractivity contribution is 5.74. The lowest BCUT2D eigenvalue weighted by atomic mass is 10.0. The Kier molecular flexibility index (Phi) is 6.63. The zero-order chi connectivity index (χ0) is 17.4. The molecule has 5 heteroatoms. The lowest BCUT2D eigenvalue weighted by Gasteiger charge is -2.21. The minimum absolute atomic E-state index is 0.00288. The third kappa shape index (κ3) is 5.59. The summed E-state index contributed by atoms with van der Waals surface area (Å²) in [5.41, 5.74) is 2.00. The minimum Gasteiger partial charge on any atom is -0.508 e. The first kappa shape index (κ1) is 17.8. The average Bonchev–Trinajstić information content (AvgIpc) is 2.57. The first-order valence-corrected chi connectivity index (χ1v) is 8.09. The van der Waals surface area contributed by atoms with Gasteiger partial charge >= 0.3 is 6.03 Å². The van der Waals surface area contributed by atoms with E-state index in [0.717, 1.165) is 11.1 Å². The van der Waals surface area contributed by atoms with Crippen LogP contribution in [-0.2, 0) is 6.42 Å². The summed E-state index contributed by atoms with van der Waals surface area (Å²) < 4.78 is 0. The first-order valence-electron chi connectivity index (χ1n) is 8.09. The fourth-order valence-corrected chi connectivity index (χ4v) is 2.60. The van der Waals surface area contributed by atoms with Gasteiger partial charge in [0, 0.05) is 12.6 Å². The number of carbonyl (C=O) groups is 1. The van der Waals surface area contributed by atoms with Crippen molar-refractivity contribution in [3.05, 3.63) is 65.7 Å². The summed E-state index contributed by atoms with van der Waals surface area (Å²) in [7, 11) is 0. The number of urea groups is 1. The van der Waals surface area contributed by atoms with Crippen molar-refractivity contribution in [2.45, 2.75) is 31.8 Å². The normalized spacial score (nSPS) is 13.1. The van der Waals surface area contributed by atoms with E-state index in [1.807, 2.05) is 49.4 Å².